The van der Waals surface area contributed by atoms with Crippen LogP contribution in [0.1, 0.15) is 0 Å². The molecular weight excluding hydrogens is 144 g/mol. The highest BCUT2D eigenvalue weighted by Gasteiger charge is 2.49. The molecule has 11 heavy (non-hydrogen) atoms. The Labute approximate surface area is 65.9 Å². The van der Waals surface area contributed by atoms with Crippen molar-refractivity contribution in [3.05, 3.63) is 12.2 Å². The van der Waals surface area contributed by atoms with E-state index in [2.05, 4.69) is 0 Å². The summed E-state index contributed by atoms with van der Waals surface area (Å²) < 4.78 is 15.8. The van der Waals surface area contributed by atoms with Gasteiger partial charge in [-0.05, 0) is 0 Å². The standard InChI is InChI=1S/C8H12O3/c1-9-5-3-4-6-8(11-6)7(5)10-2/h3-8H,1-2H3/t5-,6-,7-,8-/m1/s1. The summed E-state index contributed by atoms with van der Waals surface area (Å²) in [5.41, 5.74) is 0. The fraction of sp³-hybridized carbons (Fsp3) is 0.750. The fourth-order valence-electron chi connectivity index (χ4n) is 1.55. The predicted molar refractivity (Wildman–Crippen MR) is 39.4 cm³/mol. The Morgan fingerprint density at radius 1 is 1.18 bits per heavy atom. The van der Waals surface area contributed by atoms with Gasteiger partial charge in [-0.1, -0.05) is 12.2 Å². The summed E-state index contributed by atoms with van der Waals surface area (Å²) >= 11 is 0. The smallest absolute Gasteiger partial charge is 0.117 e. The highest BCUT2D eigenvalue weighted by atomic mass is 16.6. The summed E-state index contributed by atoms with van der Waals surface area (Å²) in [7, 11) is 3.37. The zero-order valence-corrected chi connectivity index (χ0v) is 6.69. The first kappa shape index (κ1) is 7.28. The Hall–Kier alpha value is -0.380. The molecule has 0 radical (unpaired) electrons. The van der Waals surface area contributed by atoms with Crippen LogP contribution in [0.2, 0.25) is 0 Å². The Morgan fingerprint density at radius 2 is 2.00 bits per heavy atom. The third-order valence-electron chi connectivity index (χ3n) is 2.24. The van der Waals surface area contributed by atoms with E-state index in [4.69, 9.17) is 14.2 Å². The topological polar surface area (TPSA) is 31.0 Å². The SMILES string of the molecule is CO[C@H]1[C@@H]2O[C@@H]2C=C[C@H]1OC. The Balaban J connectivity index is 2.08. The Morgan fingerprint density at radius 3 is 2.64 bits per heavy atom. The maximum Gasteiger partial charge on any atom is 0.117 e. The number of epoxide rings is 1. The molecule has 1 fully saturated rings. The number of hydrogen-bond donors (Lipinski definition) is 0. The van der Waals surface area contributed by atoms with Gasteiger partial charge in [-0.2, -0.15) is 0 Å². The number of methoxy groups -OCH3 is 2. The minimum absolute atomic E-state index is 0.0590. The van der Waals surface area contributed by atoms with Gasteiger partial charge in [0, 0.05) is 14.2 Å². The molecule has 4 atom stereocenters. The van der Waals surface area contributed by atoms with Crippen LogP contribution in [0.25, 0.3) is 0 Å². The molecule has 0 amide bonds. The van der Waals surface area contributed by atoms with Gasteiger partial charge < -0.3 is 14.2 Å². The lowest BCUT2D eigenvalue weighted by atomic mass is 10.0. The summed E-state index contributed by atoms with van der Waals surface area (Å²) in [6.45, 7) is 0. The van der Waals surface area contributed by atoms with Gasteiger partial charge in [-0.3, -0.25) is 0 Å². The van der Waals surface area contributed by atoms with Crippen LogP contribution < -0.4 is 0 Å². The summed E-state index contributed by atoms with van der Waals surface area (Å²) in [5.74, 6) is 0. The molecule has 0 aromatic carbocycles. The molecule has 1 heterocycles. The molecule has 0 aromatic rings. The first-order valence-corrected chi connectivity index (χ1v) is 3.76. The summed E-state index contributed by atoms with van der Waals surface area (Å²) in [6, 6.07) is 0. The van der Waals surface area contributed by atoms with Crippen molar-refractivity contribution in [3.63, 3.8) is 0 Å². The minimum Gasteiger partial charge on any atom is -0.376 e. The van der Waals surface area contributed by atoms with Gasteiger partial charge in [0.1, 0.15) is 24.4 Å². The second-order valence-corrected chi connectivity index (χ2v) is 2.85. The maximum atomic E-state index is 5.32. The molecule has 1 aliphatic carbocycles. The van der Waals surface area contributed by atoms with E-state index in [1.165, 1.54) is 0 Å². The van der Waals surface area contributed by atoms with Gasteiger partial charge in [-0.25, -0.2) is 0 Å². The first-order valence-electron chi connectivity index (χ1n) is 3.76. The minimum atomic E-state index is 0.0590. The normalized spacial score (nSPS) is 47.1. The van der Waals surface area contributed by atoms with E-state index in [1.54, 1.807) is 14.2 Å². The van der Waals surface area contributed by atoms with Crippen LogP contribution >= 0.6 is 0 Å². The van der Waals surface area contributed by atoms with E-state index in [-0.39, 0.29) is 24.4 Å². The van der Waals surface area contributed by atoms with Gasteiger partial charge in [0.05, 0.1) is 0 Å². The van der Waals surface area contributed by atoms with Crippen LogP contribution in [0.4, 0.5) is 0 Å². The second kappa shape index (κ2) is 2.59. The molecule has 1 saturated heterocycles. The fourth-order valence-corrected chi connectivity index (χ4v) is 1.55. The van der Waals surface area contributed by atoms with Crippen molar-refractivity contribution in [2.75, 3.05) is 14.2 Å². The van der Waals surface area contributed by atoms with E-state index in [0.29, 0.717) is 0 Å². The first-order chi connectivity index (χ1) is 5.36. The van der Waals surface area contributed by atoms with Crippen molar-refractivity contribution < 1.29 is 14.2 Å². The summed E-state index contributed by atoms with van der Waals surface area (Å²) in [5, 5.41) is 0. The van der Waals surface area contributed by atoms with Crippen LogP contribution in [-0.4, -0.2) is 38.6 Å². The third-order valence-corrected chi connectivity index (χ3v) is 2.24. The van der Waals surface area contributed by atoms with Crippen molar-refractivity contribution in [3.8, 4) is 0 Å². The Bertz CT molecular complexity index is 178. The molecule has 1 aliphatic heterocycles. The van der Waals surface area contributed by atoms with E-state index in [9.17, 15) is 0 Å². The predicted octanol–water partition coefficient (Wildman–Crippen LogP) is 0.354. The average Bonchev–Trinajstić information content (AvgIpc) is 2.80. The van der Waals surface area contributed by atoms with Crippen molar-refractivity contribution in [1.29, 1.82) is 0 Å². The molecule has 0 saturated carbocycles. The van der Waals surface area contributed by atoms with Crippen molar-refractivity contribution in [2.45, 2.75) is 24.4 Å². The zero-order valence-electron chi connectivity index (χ0n) is 6.69. The molecule has 2 aliphatic rings. The van der Waals surface area contributed by atoms with Gasteiger partial charge in [-0.15, -0.1) is 0 Å². The lowest BCUT2D eigenvalue weighted by molar-refractivity contribution is -0.0258. The third kappa shape index (κ3) is 1.09. The molecule has 0 aromatic heterocycles. The lowest BCUT2D eigenvalue weighted by Gasteiger charge is -2.22. The summed E-state index contributed by atoms with van der Waals surface area (Å²) in [4.78, 5) is 0. The molecular formula is C8H12O3. The van der Waals surface area contributed by atoms with E-state index in [1.807, 2.05) is 12.2 Å². The van der Waals surface area contributed by atoms with Gasteiger partial charge >= 0.3 is 0 Å². The quantitative estimate of drug-likeness (QED) is 0.427. The number of hydrogen-bond acceptors (Lipinski definition) is 3. The van der Waals surface area contributed by atoms with E-state index < -0.39 is 0 Å². The Kier molecular flexibility index (Phi) is 1.71. The number of ether oxygens (including phenoxy) is 3. The van der Waals surface area contributed by atoms with Crippen LogP contribution in [0.15, 0.2) is 12.2 Å². The molecule has 0 bridgehead atoms. The molecule has 0 unspecified atom stereocenters. The van der Waals surface area contributed by atoms with Crippen molar-refractivity contribution in [1.82, 2.24) is 0 Å². The van der Waals surface area contributed by atoms with E-state index in [0.717, 1.165) is 0 Å². The molecule has 3 heteroatoms. The molecule has 62 valence electrons. The van der Waals surface area contributed by atoms with Crippen LogP contribution in [0, 0.1) is 0 Å². The molecule has 2 rings (SSSR count). The van der Waals surface area contributed by atoms with E-state index >= 15 is 0 Å². The molecule has 0 spiro atoms. The zero-order chi connectivity index (χ0) is 7.84. The largest absolute Gasteiger partial charge is 0.376 e. The average molecular weight is 156 g/mol. The van der Waals surface area contributed by atoms with Gasteiger partial charge in [0.25, 0.3) is 0 Å². The molecule has 0 N–H and O–H groups in total. The monoisotopic (exact) mass is 156 g/mol. The van der Waals surface area contributed by atoms with Crippen LogP contribution in [-0.2, 0) is 14.2 Å². The highest BCUT2D eigenvalue weighted by molar-refractivity contribution is 5.16. The number of rotatable bonds is 2. The van der Waals surface area contributed by atoms with Crippen LogP contribution in [0.5, 0.6) is 0 Å². The summed E-state index contributed by atoms with van der Waals surface area (Å²) in [6.07, 6.45) is 4.69. The van der Waals surface area contributed by atoms with Crippen molar-refractivity contribution in [2.24, 2.45) is 0 Å². The molecule has 3 nitrogen and oxygen atoms in total. The lowest BCUT2D eigenvalue weighted by Crippen LogP contribution is -2.36. The van der Waals surface area contributed by atoms with Gasteiger partial charge in [0.15, 0.2) is 0 Å². The number of fused-ring (bicyclic) bond motifs is 1. The maximum absolute atomic E-state index is 5.32. The second-order valence-electron chi connectivity index (χ2n) is 2.85. The van der Waals surface area contributed by atoms with Crippen LogP contribution in [0.3, 0.4) is 0 Å². The van der Waals surface area contributed by atoms with Gasteiger partial charge in [0.2, 0.25) is 0 Å². The highest BCUT2D eigenvalue weighted by Crippen LogP contribution is 2.34. The van der Waals surface area contributed by atoms with Crippen molar-refractivity contribution >= 4 is 0 Å².